The minimum absolute atomic E-state index is 0.110. The number of carbonyl (C=O) groups excluding carboxylic acids is 2. The molecule has 1 saturated carbocycles. The average Bonchev–Trinajstić information content (AvgIpc) is 1.84. The molecule has 0 saturated heterocycles. The van der Waals surface area contributed by atoms with Crippen molar-refractivity contribution in [3.63, 3.8) is 0 Å². The Labute approximate surface area is 74.3 Å². The first kappa shape index (κ1) is 11.3. The van der Waals surface area contributed by atoms with Crippen molar-refractivity contribution in [2.45, 2.75) is 46.5 Å². The maximum Gasteiger partial charge on any atom is 0.140 e. The van der Waals surface area contributed by atoms with Crippen molar-refractivity contribution in [3.05, 3.63) is 0 Å². The van der Waals surface area contributed by atoms with E-state index in [0.717, 1.165) is 0 Å². The Balaban J connectivity index is 0.000000354. The van der Waals surface area contributed by atoms with E-state index in [-0.39, 0.29) is 18.0 Å². The summed E-state index contributed by atoms with van der Waals surface area (Å²) >= 11 is 0. The third-order valence-electron chi connectivity index (χ3n) is 1.55. The van der Waals surface area contributed by atoms with Crippen molar-refractivity contribution < 1.29 is 9.59 Å². The molecule has 0 N–H and O–H groups in total. The second-order valence-electron chi connectivity index (χ2n) is 3.47. The Morgan fingerprint density at radius 3 is 1.75 bits per heavy atom. The van der Waals surface area contributed by atoms with Gasteiger partial charge >= 0.3 is 0 Å². The smallest absolute Gasteiger partial charge is 0.140 e. The van der Waals surface area contributed by atoms with Crippen LogP contribution in [0.4, 0.5) is 0 Å². The second kappa shape index (κ2) is 5.92. The molecule has 1 aliphatic carbocycles. The van der Waals surface area contributed by atoms with Crippen LogP contribution in [0.5, 0.6) is 0 Å². The summed E-state index contributed by atoms with van der Waals surface area (Å²) in [6.07, 6.45) is 2.64. The number of hydrogen-bond donors (Lipinski definition) is 0. The summed E-state index contributed by atoms with van der Waals surface area (Å²) in [6, 6.07) is 0. The Morgan fingerprint density at radius 1 is 1.17 bits per heavy atom. The van der Waals surface area contributed by atoms with Crippen molar-refractivity contribution in [1.29, 1.82) is 0 Å². The fourth-order valence-corrected chi connectivity index (χ4v) is 1.21. The summed E-state index contributed by atoms with van der Waals surface area (Å²) in [5, 5.41) is 0. The molecular formula is C10H18O2. The first-order chi connectivity index (χ1) is 5.60. The molecule has 0 aliphatic heterocycles. The molecule has 0 unspecified atom stereocenters. The molecule has 0 aromatic carbocycles. The van der Waals surface area contributed by atoms with Crippen LogP contribution in [0.1, 0.15) is 46.5 Å². The second-order valence-corrected chi connectivity index (χ2v) is 3.47. The standard InChI is InChI=1S/C7H10O2.C3H8/c1-5-2-6(8)4-7(9)3-5;1-3-2/h5H,2-4H2,1H3;3H2,1-2H3. The van der Waals surface area contributed by atoms with Gasteiger partial charge in [-0.1, -0.05) is 27.2 Å². The molecule has 0 aromatic rings. The summed E-state index contributed by atoms with van der Waals surface area (Å²) in [5.41, 5.74) is 0. The molecule has 1 aliphatic rings. The van der Waals surface area contributed by atoms with Crippen molar-refractivity contribution in [3.8, 4) is 0 Å². The summed E-state index contributed by atoms with van der Waals surface area (Å²) < 4.78 is 0. The Morgan fingerprint density at radius 2 is 1.50 bits per heavy atom. The number of ketones is 2. The molecule has 2 nitrogen and oxygen atoms in total. The third-order valence-corrected chi connectivity index (χ3v) is 1.55. The zero-order valence-electron chi connectivity index (χ0n) is 8.22. The Hall–Kier alpha value is -0.660. The topological polar surface area (TPSA) is 34.1 Å². The van der Waals surface area contributed by atoms with E-state index in [1.807, 2.05) is 6.92 Å². The van der Waals surface area contributed by atoms with Crippen molar-refractivity contribution in [2.75, 3.05) is 0 Å². The molecule has 1 rings (SSSR count). The van der Waals surface area contributed by atoms with E-state index in [9.17, 15) is 9.59 Å². The summed E-state index contributed by atoms with van der Waals surface area (Å²) in [5.74, 6) is 0.510. The van der Waals surface area contributed by atoms with E-state index in [0.29, 0.717) is 18.8 Å². The first-order valence-corrected chi connectivity index (χ1v) is 4.63. The van der Waals surface area contributed by atoms with E-state index < -0.39 is 0 Å². The van der Waals surface area contributed by atoms with Crippen LogP contribution in [0.2, 0.25) is 0 Å². The van der Waals surface area contributed by atoms with E-state index in [1.54, 1.807) is 0 Å². The molecule has 12 heavy (non-hydrogen) atoms. The maximum absolute atomic E-state index is 10.7. The largest absolute Gasteiger partial charge is 0.299 e. The number of hydrogen-bond acceptors (Lipinski definition) is 2. The lowest BCUT2D eigenvalue weighted by molar-refractivity contribution is -0.130. The molecule has 0 amide bonds. The van der Waals surface area contributed by atoms with Crippen LogP contribution in [0.25, 0.3) is 0 Å². The minimum Gasteiger partial charge on any atom is -0.299 e. The van der Waals surface area contributed by atoms with Gasteiger partial charge in [-0.15, -0.1) is 0 Å². The van der Waals surface area contributed by atoms with E-state index in [2.05, 4.69) is 13.8 Å². The van der Waals surface area contributed by atoms with E-state index in [4.69, 9.17) is 0 Å². The van der Waals surface area contributed by atoms with Gasteiger partial charge in [-0.05, 0) is 5.92 Å². The van der Waals surface area contributed by atoms with Gasteiger partial charge in [-0.3, -0.25) is 9.59 Å². The molecule has 2 heteroatoms. The predicted octanol–water partition coefficient (Wildman–Crippen LogP) is 2.36. The van der Waals surface area contributed by atoms with Crippen LogP contribution >= 0.6 is 0 Å². The number of rotatable bonds is 0. The predicted molar refractivity (Wildman–Crippen MR) is 49.0 cm³/mol. The Bertz CT molecular complexity index is 145. The highest BCUT2D eigenvalue weighted by Crippen LogP contribution is 2.16. The van der Waals surface area contributed by atoms with Gasteiger partial charge in [0, 0.05) is 12.8 Å². The summed E-state index contributed by atoms with van der Waals surface area (Å²) in [4.78, 5) is 21.3. The van der Waals surface area contributed by atoms with Crippen molar-refractivity contribution >= 4 is 11.6 Å². The molecule has 0 aromatic heterocycles. The maximum atomic E-state index is 10.7. The van der Waals surface area contributed by atoms with Crippen LogP contribution in [0.15, 0.2) is 0 Å². The molecule has 1 fully saturated rings. The van der Waals surface area contributed by atoms with Gasteiger partial charge in [0.25, 0.3) is 0 Å². The van der Waals surface area contributed by atoms with Gasteiger partial charge in [0.1, 0.15) is 11.6 Å². The van der Waals surface area contributed by atoms with Gasteiger partial charge in [0.05, 0.1) is 6.42 Å². The van der Waals surface area contributed by atoms with Crippen LogP contribution < -0.4 is 0 Å². The molecule has 0 spiro atoms. The van der Waals surface area contributed by atoms with Gasteiger partial charge in [-0.2, -0.15) is 0 Å². The molecule has 0 bridgehead atoms. The van der Waals surface area contributed by atoms with Gasteiger partial charge in [0.15, 0.2) is 0 Å². The molecule has 0 radical (unpaired) electrons. The number of Topliss-reactive ketones (excluding diaryl/α,β-unsaturated/α-hetero) is 2. The number of carbonyl (C=O) groups is 2. The van der Waals surface area contributed by atoms with Crippen LogP contribution in [0, 0.1) is 5.92 Å². The van der Waals surface area contributed by atoms with Crippen LogP contribution in [-0.4, -0.2) is 11.6 Å². The molecule has 0 heterocycles. The normalized spacial score (nSPS) is 18.6. The molecule has 70 valence electrons. The average molecular weight is 170 g/mol. The van der Waals surface area contributed by atoms with Gasteiger partial charge in [0.2, 0.25) is 0 Å². The highest BCUT2D eigenvalue weighted by atomic mass is 16.1. The quantitative estimate of drug-likeness (QED) is 0.523. The third kappa shape index (κ3) is 5.05. The van der Waals surface area contributed by atoms with Crippen molar-refractivity contribution in [2.24, 2.45) is 5.92 Å². The lowest BCUT2D eigenvalue weighted by Crippen LogP contribution is -2.20. The fraction of sp³-hybridized carbons (Fsp3) is 0.800. The van der Waals surface area contributed by atoms with E-state index in [1.165, 1.54) is 6.42 Å². The molecule has 0 atom stereocenters. The summed E-state index contributed by atoms with van der Waals surface area (Å²) in [6.45, 7) is 6.19. The van der Waals surface area contributed by atoms with Crippen LogP contribution in [0.3, 0.4) is 0 Å². The monoisotopic (exact) mass is 170 g/mol. The summed E-state index contributed by atoms with van der Waals surface area (Å²) in [7, 11) is 0. The van der Waals surface area contributed by atoms with Crippen molar-refractivity contribution in [1.82, 2.24) is 0 Å². The highest BCUT2D eigenvalue weighted by Gasteiger charge is 2.21. The van der Waals surface area contributed by atoms with Gasteiger partial charge < -0.3 is 0 Å². The lowest BCUT2D eigenvalue weighted by Gasteiger charge is -2.13. The molecular weight excluding hydrogens is 152 g/mol. The SMILES string of the molecule is CC1CC(=O)CC(=O)C1.CCC. The minimum atomic E-state index is 0.110. The van der Waals surface area contributed by atoms with E-state index >= 15 is 0 Å². The van der Waals surface area contributed by atoms with Crippen LogP contribution in [-0.2, 0) is 9.59 Å². The zero-order chi connectivity index (χ0) is 9.56. The first-order valence-electron chi connectivity index (χ1n) is 4.63. The highest BCUT2D eigenvalue weighted by molar-refractivity contribution is 6.01. The fourth-order valence-electron chi connectivity index (χ4n) is 1.21. The zero-order valence-corrected chi connectivity index (χ0v) is 8.22. The lowest BCUT2D eigenvalue weighted by atomic mass is 9.89. The Kier molecular flexibility index (Phi) is 5.60. The van der Waals surface area contributed by atoms with Gasteiger partial charge in [-0.25, -0.2) is 0 Å².